The van der Waals surface area contributed by atoms with Crippen LogP contribution in [0.3, 0.4) is 0 Å². The molecule has 3 rings (SSSR count). The van der Waals surface area contributed by atoms with Gasteiger partial charge in [0.05, 0.1) is 13.2 Å². The van der Waals surface area contributed by atoms with E-state index >= 15 is 0 Å². The Morgan fingerprint density at radius 2 is 1.61 bits per heavy atom. The number of nitrogens with zero attached hydrogens (tertiary/aromatic N) is 1. The van der Waals surface area contributed by atoms with Crippen LogP contribution >= 0.6 is 0 Å². The summed E-state index contributed by atoms with van der Waals surface area (Å²) in [6, 6.07) is 16.1. The third kappa shape index (κ3) is 11.8. The van der Waals surface area contributed by atoms with Crippen LogP contribution in [-0.2, 0) is 41.6 Å². The molecule has 0 fully saturated rings. The third-order valence-corrected chi connectivity index (χ3v) is 7.16. The Hall–Kier alpha value is -3.72. The van der Waals surface area contributed by atoms with Crippen LogP contribution in [0.15, 0.2) is 60.7 Å². The van der Waals surface area contributed by atoms with E-state index in [4.69, 9.17) is 18.9 Å². The molecular formula is C35H46FNO7. The zero-order valence-corrected chi connectivity index (χ0v) is 26.8. The molecule has 0 spiro atoms. The van der Waals surface area contributed by atoms with E-state index in [1.165, 1.54) is 26.5 Å². The predicted octanol–water partition coefficient (Wildman–Crippen LogP) is 6.84. The average molecular weight is 612 g/mol. The topological polar surface area (TPSA) is 91.4 Å². The van der Waals surface area contributed by atoms with E-state index in [1.54, 1.807) is 20.8 Å². The molecule has 8 nitrogen and oxygen atoms in total. The van der Waals surface area contributed by atoms with Gasteiger partial charge in [0, 0.05) is 7.05 Å². The molecule has 1 aliphatic heterocycles. The molecule has 2 aromatic carbocycles. The highest BCUT2D eigenvalue weighted by Crippen LogP contribution is 2.24. The highest BCUT2D eigenvalue weighted by atomic mass is 19.1. The van der Waals surface area contributed by atoms with Gasteiger partial charge >= 0.3 is 18.0 Å². The number of hydrogen-bond acceptors (Lipinski definition) is 7. The number of carbonyl (C=O) groups is 3. The van der Waals surface area contributed by atoms with Crippen LogP contribution in [0.25, 0.3) is 5.57 Å². The summed E-state index contributed by atoms with van der Waals surface area (Å²) >= 11 is 0. The minimum absolute atomic E-state index is 0.0124. The second kappa shape index (κ2) is 15.8. The first-order valence-corrected chi connectivity index (χ1v) is 15.1. The first kappa shape index (κ1) is 34.8. The number of benzene rings is 2. The Kier molecular flexibility index (Phi) is 12.5. The molecule has 2 atom stereocenters. The summed E-state index contributed by atoms with van der Waals surface area (Å²) in [6.45, 7) is 9.24. The van der Waals surface area contributed by atoms with Crippen molar-refractivity contribution >= 4 is 23.6 Å². The lowest BCUT2D eigenvalue weighted by Gasteiger charge is -2.31. The molecule has 0 N–H and O–H groups in total. The van der Waals surface area contributed by atoms with Gasteiger partial charge in [0.1, 0.15) is 23.9 Å². The summed E-state index contributed by atoms with van der Waals surface area (Å²) < 4.78 is 36.6. The van der Waals surface area contributed by atoms with Crippen LogP contribution in [0.2, 0.25) is 0 Å². The summed E-state index contributed by atoms with van der Waals surface area (Å²) in [6.07, 6.45) is 1.49. The molecule has 0 unspecified atom stereocenters. The van der Waals surface area contributed by atoms with Crippen LogP contribution in [-0.4, -0.2) is 66.6 Å². The van der Waals surface area contributed by atoms with Crippen LogP contribution in [0.4, 0.5) is 9.18 Å². The molecule has 0 aromatic heterocycles. The lowest BCUT2D eigenvalue weighted by Crippen LogP contribution is -2.47. The van der Waals surface area contributed by atoms with Gasteiger partial charge in [0.25, 0.3) is 0 Å². The maximum Gasteiger partial charge on any atom is 0.410 e. The monoisotopic (exact) mass is 611 g/mol. The van der Waals surface area contributed by atoms with Gasteiger partial charge in [-0.25, -0.2) is 18.8 Å². The van der Waals surface area contributed by atoms with Gasteiger partial charge in [-0.05, 0) is 89.0 Å². The normalized spacial score (nSPS) is 15.0. The van der Waals surface area contributed by atoms with Gasteiger partial charge < -0.3 is 18.9 Å². The number of likely N-dealkylation sites (N-methyl/N-ethyl adjacent to an activating group) is 1. The van der Waals surface area contributed by atoms with Crippen molar-refractivity contribution < 1.29 is 37.7 Å². The Bertz CT molecular complexity index is 1260. The highest BCUT2D eigenvalue weighted by Gasteiger charge is 2.36. The van der Waals surface area contributed by atoms with E-state index in [0.29, 0.717) is 19.6 Å². The molecular weight excluding hydrogens is 565 g/mol. The average Bonchev–Trinajstić information content (AvgIpc) is 2.97. The summed E-state index contributed by atoms with van der Waals surface area (Å²) in [5.74, 6) is -1.53. The Morgan fingerprint density at radius 3 is 2.20 bits per heavy atom. The van der Waals surface area contributed by atoms with Crippen molar-refractivity contribution in [3.05, 3.63) is 77.4 Å². The van der Waals surface area contributed by atoms with Crippen LogP contribution in [0.5, 0.6) is 0 Å². The van der Waals surface area contributed by atoms with Crippen LogP contribution < -0.4 is 0 Å². The number of amides is 1. The van der Waals surface area contributed by atoms with Gasteiger partial charge in [-0.15, -0.1) is 0 Å². The van der Waals surface area contributed by atoms with E-state index < -0.39 is 41.4 Å². The summed E-state index contributed by atoms with van der Waals surface area (Å²) in [4.78, 5) is 40.8. The van der Waals surface area contributed by atoms with Crippen molar-refractivity contribution in [2.24, 2.45) is 0 Å². The predicted molar refractivity (Wildman–Crippen MR) is 166 cm³/mol. The second-order valence-electron chi connectivity index (χ2n) is 12.7. The maximum absolute atomic E-state index is 14.5. The van der Waals surface area contributed by atoms with Gasteiger partial charge in [0.2, 0.25) is 0 Å². The molecule has 0 saturated carbocycles. The Morgan fingerprint density at radius 1 is 0.932 bits per heavy atom. The van der Waals surface area contributed by atoms with E-state index in [0.717, 1.165) is 28.0 Å². The molecule has 1 amide bonds. The molecule has 1 heterocycles. The van der Waals surface area contributed by atoms with E-state index in [1.807, 2.05) is 54.6 Å². The molecule has 0 aliphatic carbocycles. The Balaban J connectivity index is 1.77. The first-order valence-electron chi connectivity index (χ1n) is 15.1. The maximum atomic E-state index is 14.5. The summed E-state index contributed by atoms with van der Waals surface area (Å²) in [5, 5.41) is 0. The number of aryl methyl sites for hydroxylation is 1. The lowest BCUT2D eigenvalue weighted by molar-refractivity contribution is -0.172. The molecule has 44 heavy (non-hydrogen) atoms. The first-order chi connectivity index (χ1) is 20.7. The van der Waals surface area contributed by atoms with E-state index in [-0.39, 0.29) is 25.9 Å². The number of esters is 2. The zero-order valence-electron chi connectivity index (χ0n) is 26.8. The SMILES string of the molecule is CN(C(=O)OC(C)(C)C)[C@@H](CCC(C)(C)F)C(=O)O[C@H](CCc1ccc(C2=CCOCC2)cc1)C(=O)OCc1ccccc1. The van der Waals surface area contributed by atoms with Crippen molar-refractivity contribution in [3.63, 3.8) is 0 Å². The van der Waals surface area contributed by atoms with Crippen LogP contribution in [0.1, 0.15) is 77.0 Å². The second-order valence-corrected chi connectivity index (χ2v) is 12.7. The lowest BCUT2D eigenvalue weighted by atomic mass is 9.98. The van der Waals surface area contributed by atoms with Crippen molar-refractivity contribution in [3.8, 4) is 0 Å². The molecule has 240 valence electrons. The van der Waals surface area contributed by atoms with Gasteiger partial charge in [-0.3, -0.25) is 4.90 Å². The number of hydrogen-bond donors (Lipinski definition) is 0. The van der Waals surface area contributed by atoms with E-state index in [2.05, 4.69) is 6.08 Å². The minimum atomic E-state index is -1.59. The van der Waals surface area contributed by atoms with Crippen molar-refractivity contribution in [1.82, 2.24) is 4.90 Å². The molecule has 0 radical (unpaired) electrons. The van der Waals surface area contributed by atoms with Crippen molar-refractivity contribution in [2.75, 3.05) is 20.3 Å². The minimum Gasteiger partial charge on any atom is -0.458 e. The van der Waals surface area contributed by atoms with E-state index in [9.17, 15) is 18.8 Å². The third-order valence-electron chi connectivity index (χ3n) is 7.16. The number of alkyl halides is 1. The van der Waals surface area contributed by atoms with Crippen LogP contribution in [0, 0.1) is 0 Å². The molecule has 1 aliphatic rings. The Labute approximate surface area is 260 Å². The van der Waals surface area contributed by atoms with Crippen molar-refractivity contribution in [1.29, 1.82) is 0 Å². The number of carbonyl (C=O) groups excluding carboxylic acids is 3. The van der Waals surface area contributed by atoms with Gasteiger partial charge in [0.15, 0.2) is 6.10 Å². The largest absolute Gasteiger partial charge is 0.458 e. The number of ether oxygens (including phenoxy) is 4. The van der Waals surface area contributed by atoms with Gasteiger partial charge in [-0.2, -0.15) is 0 Å². The molecule has 2 aromatic rings. The molecule has 9 heteroatoms. The molecule has 0 saturated heterocycles. The fourth-order valence-corrected chi connectivity index (χ4v) is 4.65. The fourth-order valence-electron chi connectivity index (χ4n) is 4.65. The number of rotatable bonds is 13. The number of halogens is 1. The van der Waals surface area contributed by atoms with Crippen molar-refractivity contribution in [2.45, 2.75) is 96.7 Å². The molecule has 0 bridgehead atoms. The fraction of sp³-hybridized carbons (Fsp3) is 0.514. The standard InChI is InChI=1S/C35H46FNO7/c1-34(2,3)44-33(40)37(6)29(18-21-35(4,5)36)31(38)43-30(32(39)42-24-26-10-8-7-9-11-26)17-14-25-12-15-27(16-13-25)28-19-22-41-23-20-28/h7-13,15-16,19,29-30H,14,17-18,20-24H2,1-6H3/t29-,30+/m0/s1. The van der Waals surface area contributed by atoms with Gasteiger partial charge in [-0.1, -0.05) is 60.7 Å². The summed E-state index contributed by atoms with van der Waals surface area (Å²) in [7, 11) is 1.41. The summed E-state index contributed by atoms with van der Waals surface area (Å²) in [5.41, 5.74) is 1.70. The quantitative estimate of drug-likeness (QED) is 0.181. The highest BCUT2D eigenvalue weighted by molar-refractivity contribution is 5.84. The smallest absolute Gasteiger partial charge is 0.410 e. The zero-order chi connectivity index (χ0) is 32.3.